The number of hydrogen-bond acceptors (Lipinski definition) is 9. The van der Waals surface area contributed by atoms with Crippen LogP contribution < -0.4 is 20.5 Å². The number of carbonyl (C=O) groups is 1. The summed E-state index contributed by atoms with van der Waals surface area (Å²) >= 11 is 1.28. The first kappa shape index (κ1) is 21.8. The Bertz CT molecular complexity index is 1120. The number of pyridine rings is 1. The van der Waals surface area contributed by atoms with E-state index in [1.165, 1.54) is 37.5 Å². The molecule has 0 bridgehead atoms. The molecule has 32 heavy (non-hydrogen) atoms. The van der Waals surface area contributed by atoms with Gasteiger partial charge < -0.3 is 20.5 Å². The van der Waals surface area contributed by atoms with Crippen LogP contribution in [0.4, 0.5) is 10.1 Å². The van der Waals surface area contributed by atoms with Gasteiger partial charge in [0.2, 0.25) is 11.8 Å². The number of aromatic nitrogens is 3. The third-order valence-electron chi connectivity index (χ3n) is 5.59. The number of terminal acetylenes is 1. The average molecular weight is 457 g/mol. The Hall–Kier alpha value is -3.39. The second-order valence-corrected chi connectivity index (χ2v) is 9.06. The Morgan fingerprint density at radius 1 is 1.41 bits per heavy atom. The number of nitrogens with one attached hydrogen (secondary N) is 1. The Balaban J connectivity index is 1.60. The molecule has 2 aromatic heterocycles. The van der Waals surface area contributed by atoms with Gasteiger partial charge in [0, 0.05) is 11.5 Å². The summed E-state index contributed by atoms with van der Waals surface area (Å²) in [5, 5.41) is 3.06. The zero-order valence-corrected chi connectivity index (χ0v) is 18.3. The molecule has 166 valence electrons. The first-order valence-corrected chi connectivity index (χ1v) is 10.5. The number of ether oxygens (including phenoxy) is 2. The number of alkyl halides is 1. The van der Waals surface area contributed by atoms with Crippen LogP contribution in [-0.4, -0.2) is 51.2 Å². The second kappa shape index (κ2) is 8.27. The molecule has 0 spiro atoms. The maximum absolute atomic E-state index is 13.8. The highest BCUT2D eigenvalue weighted by Gasteiger charge is 2.67. The van der Waals surface area contributed by atoms with Crippen LogP contribution >= 0.6 is 11.8 Å². The third kappa shape index (κ3) is 3.82. The van der Waals surface area contributed by atoms with E-state index in [0.29, 0.717) is 28.7 Å². The number of halogens is 1. The van der Waals surface area contributed by atoms with Crippen LogP contribution in [0.2, 0.25) is 0 Å². The molecule has 1 fully saturated rings. The Kier molecular flexibility index (Phi) is 5.64. The van der Waals surface area contributed by atoms with Gasteiger partial charge in [0.15, 0.2) is 11.8 Å². The molecule has 1 aliphatic carbocycles. The SMILES string of the molecule is C#CCOc1cnc(C(=O)Nc2cnc(OC)c([C@@]3(C)N=C(N)S[C@@]4(CF)C[C@H]43)c2)cn1. The minimum Gasteiger partial charge on any atom is -0.481 e. The highest BCUT2D eigenvalue weighted by atomic mass is 32.2. The average Bonchev–Trinajstić information content (AvgIpc) is 3.54. The van der Waals surface area contributed by atoms with E-state index < -0.39 is 22.9 Å². The summed E-state index contributed by atoms with van der Waals surface area (Å²) in [6.45, 7) is 1.43. The number of hydrogen-bond donors (Lipinski definition) is 2. The van der Waals surface area contributed by atoms with Gasteiger partial charge in [-0.15, -0.1) is 6.42 Å². The lowest BCUT2D eigenvalue weighted by atomic mass is 9.86. The van der Waals surface area contributed by atoms with Gasteiger partial charge in [0.05, 0.1) is 41.7 Å². The summed E-state index contributed by atoms with van der Waals surface area (Å²) in [5.74, 6) is 2.31. The summed E-state index contributed by atoms with van der Waals surface area (Å²) in [6, 6.07) is 1.72. The van der Waals surface area contributed by atoms with E-state index >= 15 is 0 Å². The van der Waals surface area contributed by atoms with Gasteiger partial charge in [-0.2, -0.15) is 0 Å². The van der Waals surface area contributed by atoms with Crippen molar-refractivity contribution in [2.75, 3.05) is 25.7 Å². The predicted octanol–water partition coefficient (Wildman–Crippen LogP) is 2.15. The highest BCUT2D eigenvalue weighted by molar-refractivity contribution is 8.15. The summed E-state index contributed by atoms with van der Waals surface area (Å²) in [7, 11) is 1.49. The van der Waals surface area contributed by atoms with Gasteiger partial charge in [0.1, 0.15) is 12.4 Å². The Morgan fingerprint density at radius 2 is 2.22 bits per heavy atom. The summed E-state index contributed by atoms with van der Waals surface area (Å²) < 4.78 is 23.8. The molecule has 0 radical (unpaired) electrons. The fourth-order valence-electron chi connectivity index (χ4n) is 3.94. The highest BCUT2D eigenvalue weighted by Crippen LogP contribution is 2.66. The third-order valence-corrected chi connectivity index (χ3v) is 6.86. The fraction of sp³-hybridized carbons (Fsp3) is 0.381. The predicted molar refractivity (Wildman–Crippen MR) is 118 cm³/mol. The zero-order chi connectivity index (χ0) is 22.9. The first-order valence-electron chi connectivity index (χ1n) is 9.69. The molecule has 0 saturated heterocycles. The monoisotopic (exact) mass is 456 g/mol. The van der Waals surface area contributed by atoms with Crippen LogP contribution in [0.5, 0.6) is 11.8 Å². The van der Waals surface area contributed by atoms with Gasteiger partial charge in [-0.25, -0.2) is 19.3 Å². The number of rotatable bonds is 7. The number of aliphatic imine (C=N–C) groups is 1. The molecule has 4 rings (SSSR count). The van der Waals surface area contributed by atoms with Gasteiger partial charge >= 0.3 is 0 Å². The van der Waals surface area contributed by atoms with Crippen molar-refractivity contribution in [3.8, 4) is 24.1 Å². The number of amidine groups is 1. The lowest BCUT2D eigenvalue weighted by Gasteiger charge is -2.33. The summed E-state index contributed by atoms with van der Waals surface area (Å²) in [6.07, 6.45) is 9.82. The fourth-order valence-corrected chi connectivity index (χ4v) is 5.26. The van der Waals surface area contributed by atoms with Crippen molar-refractivity contribution < 1.29 is 18.7 Å². The van der Waals surface area contributed by atoms with Crippen LogP contribution in [0.3, 0.4) is 0 Å². The van der Waals surface area contributed by atoms with E-state index in [2.05, 4.69) is 31.2 Å². The van der Waals surface area contributed by atoms with E-state index in [0.717, 1.165) is 0 Å². The largest absolute Gasteiger partial charge is 0.481 e. The number of thioether (sulfide) groups is 1. The number of carbonyl (C=O) groups excluding carboxylic acids is 1. The van der Waals surface area contributed by atoms with E-state index in [-0.39, 0.29) is 24.1 Å². The number of anilines is 1. The van der Waals surface area contributed by atoms with Crippen molar-refractivity contribution in [3.63, 3.8) is 0 Å². The smallest absolute Gasteiger partial charge is 0.275 e. The quantitative estimate of drug-likeness (QED) is 0.608. The van der Waals surface area contributed by atoms with Gasteiger partial charge in [-0.1, -0.05) is 17.7 Å². The number of amides is 1. The number of nitrogens with two attached hydrogens (primary N) is 1. The van der Waals surface area contributed by atoms with Crippen LogP contribution in [0.1, 0.15) is 29.4 Å². The summed E-state index contributed by atoms with van der Waals surface area (Å²) in [4.78, 5) is 29.6. The molecule has 9 nitrogen and oxygen atoms in total. The van der Waals surface area contributed by atoms with Crippen molar-refractivity contribution in [3.05, 3.63) is 35.9 Å². The van der Waals surface area contributed by atoms with Crippen molar-refractivity contribution in [1.29, 1.82) is 0 Å². The molecular weight excluding hydrogens is 435 g/mol. The minimum absolute atomic E-state index is 0.0511. The molecule has 2 aliphatic rings. The van der Waals surface area contributed by atoms with E-state index in [1.54, 1.807) is 6.07 Å². The molecule has 0 unspecified atom stereocenters. The molecular formula is C21H21FN6O3S. The van der Waals surface area contributed by atoms with E-state index in [1.807, 2.05) is 6.92 Å². The van der Waals surface area contributed by atoms with Gasteiger partial charge in [-0.3, -0.25) is 9.79 Å². The van der Waals surface area contributed by atoms with Crippen molar-refractivity contribution in [2.45, 2.75) is 23.6 Å². The number of nitrogens with zero attached hydrogens (tertiary/aromatic N) is 4. The normalized spacial score (nSPS) is 25.7. The van der Waals surface area contributed by atoms with Crippen molar-refractivity contribution in [2.24, 2.45) is 16.6 Å². The van der Waals surface area contributed by atoms with E-state index in [9.17, 15) is 9.18 Å². The van der Waals surface area contributed by atoms with Crippen LogP contribution in [0, 0.1) is 18.3 Å². The second-order valence-electron chi connectivity index (χ2n) is 7.62. The Morgan fingerprint density at radius 3 is 2.88 bits per heavy atom. The molecule has 1 aliphatic heterocycles. The van der Waals surface area contributed by atoms with Gasteiger partial charge in [0.25, 0.3) is 5.91 Å². The van der Waals surface area contributed by atoms with Crippen LogP contribution in [0.15, 0.2) is 29.6 Å². The lowest BCUT2D eigenvalue weighted by Crippen LogP contribution is -2.36. The first-order chi connectivity index (χ1) is 15.3. The zero-order valence-electron chi connectivity index (χ0n) is 17.5. The van der Waals surface area contributed by atoms with Crippen molar-refractivity contribution >= 4 is 28.5 Å². The molecule has 2 aromatic rings. The standard InChI is InChI=1S/C21H21FN6O3S/c1-4-5-31-16-10-24-14(9-25-16)17(29)27-12-6-13(18(30-3)26-8-12)20(2)15-7-21(15,11-22)32-19(23)28-20/h1,6,8-10,15H,5,7,11H2,2-3H3,(H2,23,28)(H,27,29)/t15-,20+,21+/m0/s1. The van der Waals surface area contributed by atoms with Crippen LogP contribution in [0.25, 0.3) is 0 Å². The number of methoxy groups -OCH3 is 1. The Labute approximate surface area is 188 Å². The van der Waals surface area contributed by atoms with Crippen molar-refractivity contribution in [1.82, 2.24) is 15.0 Å². The molecule has 0 aromatic carbocycles. The molecule has 3 heterocycles. The van der Waals surface area contributed by atoms with Gasteiger partial charge in [-0.05, 0) is 19.4 Å². The molecule has 11 heteroatoms. The molecule has 3 N–H and O–H groups in total. The maximum atomic E-state index is 13.8. The van der Waals surface area contributed by atoms with E-state index in [4.69, 9.17) is 21.6 Å². The lowest BCUT2D eigenvalue weighted by molar-refractivity contribution is 0.102. The molecule has 3 atom stereocenters. The van der Waals surface area contributed by atoms with Crippen LogP contribution in [-0.2, 0) is 5.54 Å². The summed E-state index contributed by atoms with van der Waals surface area (Å²) in [5.41, 5.74) is 6.30. The molecule has 1 amide bonds. The maximum Gasteiger partial charge on any atom is 0.275 e. The minimum atomic E-state index is -0.837. The topological polar surface area (TPSA) is 125 Å². The number of fused-ring (bicyclic) bond motifs is 1. The molecule has 1 saturated carbocycles.